The first kappa shape index (κ1) is 27.2. The fraction of sp³-hybridized carbons (Fsp3) is 0.0667. The molecule has 0 atom stereocenters. The molecular weight excluding hydrogens is 588 g/mol. The molecule has 0 saturated carbocycles. The number of nitrogens with zero attached hydrogens (tertiary/aromatic N) is 2. The number of hydrogen-bond donors (Lipinski definition) is 0. The first-order chi connectivity index (χ1) is 23.7. The van der Waals surface area contributed by atoms with Crippen LogP contribution in [0.1, 0.15) is 22.3 Å². The van der Waals surface area contributed by atoms with Crippen LogP contribution in [-0.2, 0) is 18.3 Å². The highest BCUT2D eigenvalue weighted by Crippen LogP contribution is 2.56. The third kappa shape index (κ3) is 3.91. The fourth-order valence-corrected chi connectivity index (χ4v) is 8.57. The third-order valence-corrected chi connectivity index (χ3v) is 10.6. The molecule has 0 N–H and O–H groups in total. The molecule has 0 amide bonds. The normalized spacial score (nSPS) is 13.9. The lowest BCUT2D eigenvalue weighted by atomic mass is 9.75. The van der Waals surface area contributed by atoms with E-state index < -0.39 is 0 Å². The summed E-state index contributed by atoms with van der Waals surface area (Å²) in [4.78, 5) is 2.39. The maximum atomic E-state index is 13.9. The van der Waals surface area contributed by atoms with Gasteiger partial charge in [-0.05, 0) is 119 Å². The molecule has 8 aromatic rings. The number of hydrogen-bond acceptors (Lipinski definition) is 1. The quantitative estimate of drug-likeness (QED) is 0.191. The van der Waals surface area contributed by atoms with Crippen LogP contribution < -0.4 is 4.90 Å². The summed E-state index contributed by atoms with van der Waals surface area (Å²) in [7, 11) is 0. The van der Waals surface area contributed by atoms with Crippen LogP contribution in [0.15, 0.2) is 164 Å². The van der Waals surface area contributed by atoms with Gasteiger partial charge in [0.05, 0.1) is 11.0 Å². The standard InChI is InChI=1S/C45H31FN2/c46-32-18-20-34(21-19-32)48-43-17-9-7-15-39(43)40-26-35(23-25-44(40)48)47(33-12-2-1-3-13-33)36-22-24-38-37-14-6-8-16-41(37)45(42(38)27-36)28-30-10-4-5-11-31(30)29-45/h1-27H,28-29H2. The number of fused-ring (bicyclic) bond motifs is 9. The molecular formula is C45H31FN2. The predicted octanol–water partition coefficient (Wildman–Crippen LogP) is 11.5. The molecule has 2 aliphatic rings. The molecule has 228 valence electrons. The van der Waals surface area contributed by atoms with Gasteiger partial charge in [-0.25, -0.2) is 4.39 Å². The van der Waals surface area contributed by atoms with Crippen molar-refractivity contribution in [1.82, 2.24) is 4.57 Å². The summed E-state index contributed by atoms with van der Waals surface area (Å²) in [6.45, 7) is 0. The predicted molar refractivity (Wildman–Crippen MR) is 195 cm³/mol. The van der Waals surface area contributed by atoms with Gasteiger partial charge < -0.3 is 9.47 Å². The zero-order valence-electron chi connectivity index (χ0n) is 26.3. The molecule has 0 radical (unpaired) electrons. The minimum absolute atomic E-state index is 0.0828. The Morgan fingerprint density at radius 2 is 1.10 bits per heavy atom. The molecule has 0 fully saturated rings. The SMILES string of the molecule is Fc1ccc(-n2c3ccccc3c3cc(N(c4ccccc4)c4ccc5c(c4)C4(Cc6ccccc6C4)c4ccccc4-5)ccc32)cc1. The van der Waals surface area contributed by atoms with Gasteiger partial charge in [-0.15, -0.1) is 0 Å². The number of rotatable bonds is 4. The summed E-state index contributed by atoms with van der Waals surface area (Å²) in [6, 6.07) is 57.7. The van der Waals surface area contributed by atoms with E-state index in [1.807, 2.05) is 12.1 Å². The molecule has 1 aromatic heterocycles. The summed E-state index contributed by atoms with van der Waals surface area (Å²) < 4.78 is 16.2. The smallest absolute Gasteiger partial charge is 0.123 e. The van der Waals surface area contributed by atoms with Crippen LogP contribution in [0.25, 0.3) is 38.6 Å². The van der Waals surface area contributed by atoms with Gasteiger partial charge in [0.25, 0.3) is 0 Å². The van der Waals surface area contributed by atoms with E-state index in [0.717, 1.165) is 52.0 Å². The van der Waals surface area contributed by atoms with Gasteiger partial charge in [-0.3, -0.25) is 0 Å². The average Bonchev–Trinajstić information content (AvgIpc) is 3.77. The number of aromatic nitrogens is 1. The van der Waals surface area contributed by atoms with Crippen molar-refractivity contribution in [3.8, 4) is 16.8 Å². The Morgan fingerprint density at radius 3 is 1.92 bits per heavy atom. The van der Waals surface area contributed by atoms with Crippen molar-refractivity contribution in [3.05, 3.63) is 192 Å². The van der Waals surface area contributed by atoms with Gasteiger partial charge in [-0.1, -0.05) is 91.0 Å². The molecule has 48 heavy (non-hydrogen) atoms. The van der Waals surface area contributed by atoms with Gasteiger partial charge in [0.15, 0.2) is 0 Å². The largest absolute Gasteiger partial charge is 0.310 e. The van der Waals surface area contributed by atoms with E-state index in [-0.39, 0.29) is 11.2 Å². The summed E-state index contributed by atoms with van der Waals surface area (Å²) >= 11 is 0. The fourth-order valence-electron chi connectivity index (χ4n) is 8.57. The van der Waals surface area contributed by atoms with E-state index in [1.54, 1.807) is 0 Å². The van der Waals surface area contributed by atoms with Crippen molar-refractivity contribution in [2.45, 2.75) is 18.3 Å². The van der Waals surface area contributed by atoms with Crippen molar-refractivity contribution in [3.63, 3.8) is 0 Å². The molecule has 7 aromatic carbocycles. The van der Waals surface area contributed by atoms with E-state index in [9.17, 15) is 4.39 Å². The Morgan fingerprint density at radius 1 is 0.479 bits per heavy atom. The summed E-state index contributed by atoms with van der Waals surface area (Å²) in [5, 5.41) is 2.32. The molecule has 0 bridgehead atoms. The van der Waals surface area contributed by atoms with Crippen molar-refractivity contribution >= 4 is 38.9 Å². The zero-order valence-corrected chi connectivity index (χ0v) is 26.3. The second-order valence-electron chi connectivity index (χ2n) is 13.2. The molecule has 2 aliphatic carbocycles. The minimum atomic E-state index is -0.235. The maximum absolute atomic E-state index is 13.9. The number of halogens is 1. The van der Waals surface area contributed by atoms with Gasteiger partial charge >= 0.3 is 0 Å². The van der Waals surface area contributed by atoms with E-state index in [0.29, 0.717) is 0 Å². The maximum Gasteiger partial charge on any atom is 0.123 e. The van der Waals surface area contributed by atoms with E-state index in [1.165, 1.54) is 50.9 Å². The zero-order chi connectivity index (χ0) is 31.8. The molecule has 0 saturated heterocycles. The Kier molecular flexibility index (Phi) is 5.83. The van der Waals surface area contributed by atoms with Gasteiger partial charge in [0.1, 0.15) is 5.82 Å². The molecule has 10 rings (SSSR count). The number of anilines is 3. The Bertz CT molecular complexity index is 2500. The highest BCUT2D eigenvalue weighted by atomic mass is 19.1. The minimum Gasteiger partial charge on any atom is -0.310 e. The van der Waals surface area contributed by atoms with Crippen LogP contribution in [0.4, 0.5) is 21.5 Å². The van der Waals surface area contributed by atoms with E-state index in [2.05, 4.69) is 149 Å². The molecule has 3 heteroatoms. The van der Waals surface area contributed by atoms with Gasteiger partial charge in [0.2, 0.25) is 0 Å². The molecule has 1 heterocycles. The Labute approximate surface area is 279 Å². The van der Waals surface area contributed by atoms with Crippen LogP contribution >= 0.6 is 0 Å². The van der Waals surface area contributed by atoms with Gasteiger partial charge in [-0.2, -0.15) is 0 Å². The highest BCUT2D eigenvalue weighted by Gasteiger charge is 2.47. The Balaban J connectivity index is 1.18. The monoisotopic (exact) mass is 618 g/mol. The lowest BCUT2D eigenvalue weighted by Gasteiger charge is -2.30. The van der Waals surface area contributed by atoms with Crippen LogP contribution in [0, 0.1) is 5.82 Å². The Hall–Kier alpha value is -5.93. The molecule has 1 spiro atoms. The number of para-hydroxylation sites is 2. The van der Waals surface area contributed by atoms with Crippen molar-refractivity contribution in [1.29, 1.82) is 0 Å². The van der Waals surface area contributed by atoms with Crippen LogP contribution in [0.2, 0.25) is 0 Å². The first-order valence-electron chi connectivity index (χ1n) is 16.6. The third-order valence-electron chi connectivity index (χ3n) is 10.6. The van der Waals surface area contributed by atoms with Crippen molar-refractivity contribution in [2.75, 3.05) is 4.90 Å². The highest BCUT2D eigenvalue weighted by molar-refractivity contribution is 6.10. The second kappa shape index (κ2) is 10.3. The van der Waals surface area contributed by atoms with E-state index in [4.69, 9.17) is 0 Å². The summed E-state index contributed by atoms with van der Waals surface area (Å²) in [5.41, 5.74) is 14.8. The lowest BCUT2D eigenvalue weighted by molar-refractivity contribution is 0.563. The molecule has 0 unspecified atom stereocenters. The number of benzene rings is 7. The average molecular weight is 619 g/mol. The van der Waals surface area contributed by atoms with E-state index >= 15 is 0 Å². The first-order valence-corrected chi connectivity index (χ1v) is 16.6. The summed E-state index contributed by atoms with van der Waals surface area (Å²) in [5.74, 6) is -0.235. The topological polar surface area (TPSA) is 8.17 Å². The molecule has 0 aliphatic heterocycles. The van der Waals surface area contributed by atoms with Crippen LogP contribution in [0.3, 0.4) is 0 Å². The van der Waals surface area contributed by atoms with Crippen molar-refractivity contribution < 1.29 is 4.39 Å². The van der Waals surface area contributed by atoms with Crippen LogP contribution in [0.5, 0.6) is 0 Å². The van der Waals surface area contributed by atoms with Crippen molar-refractivity contribution in [2.24, 2.45) is 0 Å². The van der Waals surface area contributed by atoms with Gasteiger partial charge in [0, 0.05) is 38.9 Å². The summed E-state index contributed by atoms with van der Waals surface area (Å²) in [6.07, 6.45) is 2.02. The second-order valence-corrected chi connectivity index (χ2v) is 13.2. The van der Waals surface area contributed by atoms with Crippen LogP contribution in [-0.4, -0.2) is 4.57 Å². The lowest BCUT2D eigenvalue weighted by Crippen LogP contribution is -2.26. The molecule has 2 nitrogen and oxygen atoms in total.